The maximum atomic E-state index is 12.7. The normalized spacial score (nSPS) is 17.1. The number of rotatable bonds is 5. The highest BCUT2D eigenvalue weighted by atomic mass is 35.5. The molecule has 0 saturated carbocycles. The Kier molecular flexibility index (Phi) is 6.06. The first-order valence-corrected chi connectivity index (χ1v) is 8.00. The van der Waals surface area contributed by atoms with Crippen LogP contribution in [0.2, 0.25) is 5.02 Å². The number of carbonyl (C=O) groups is 1. The van der Waals surface area contributed by atoms with Crippen molar-refractivity contribution in [1.29, 1.82) is 0 Å². The van der Waals surface area contributed by atoms with Gasteiger partial charge in [0.15, 0.2) is 0 Å². The van der Waals surface area contributed by atoms with Crippen LogP contribution in [0.25, 0.3) is 0 Å². The number of likely N-dealkylation sites (N-methyl/N-ethyl adjacent to an activating group) is 1. The molecule has 1 saturated heterocycles. The predicted molar refractivity (Wildman–Crippen MR) is 88.5 cm³/mol. The van der Waals surface area contributed by atoms with E-state index >= 15 is 0 Å². The summed E-state index contributed by atoms with van der Waals surface area (Å²) in [6.07, 6.45) is 0. The van der Waals surface area contributed by atoms with E-state index in [1.807, 2.05) is 25.1 Å². The van der Waals surface area contributed by atoms with Crippen LogP contribution in [0.15, 0.2) is 18.2 Å². The molecule has 1 atom stereocenters. The van der Waals surface area contributed by atoms with E-state index in [0.29, 0.717) is 17.4 Å². The second-order valence-corrected chi connectivity index (χ2v) is 5.95. The Balaban J connectivity index is 2.31. The number of halogens is 1. The predicted octanol–water partition coefficient (Wildman–Crippen LogP) is 1.77. The highest BCUT2D eigenvalue weighted by Crippen LogP contribution is 2.31. The summed E-state index contributed by atoms with van der Waals surface area (Å²) in [6, 6.07) is 5.33. The molecular formula is C16H24ClN3O2. The van der Waals surface area contributed by atoms with Gasteiger partial charge < -0.3 is 15.0 Å². The molecule has 0 bridgehead atoms. The van der Waals surface area contributed by atoms with E-state index in [0.717, 1.165) is 31.7 Å². The fourth-order valence-electron chi connectivity index (χ4n) is 2.65. The Bertz CT molecular complexity index is 516. The van der Waals surface area contributed by atoms with E-state index in [1.54, 1.807) is 19.0 Å². The van der Waals surface area contributed by atoms with Gasteiger partial charge in [0.1, 0.15) is 11.8 Å². The van der Waals surface area contributed by atoms with E-state index in [1.165, 1.54) is 0 Å². The van der Waals surface area contributed by atoms with Gasteiger partial charge >= 0.3 is 0 Å². The minimum Gasteiger partial charge on any atom is -0.492 e. The van der Waals surface area contributed by atoms with Gasteiger partial charge in [0.05, 0.1) is 11.6 Å². The van der Waals surface area contributed by atoms with Gasteiger partial charge in [0, 0.05) is 40.3 Å². The number of nitrogens with zero attached hydrogens (tertiary/aromatic N) is 2. The molecule has 1 aliphatic rings. The second-order valence-electron chi connectivity index (χ2n) is 5.54. The first-order valence-electron chi connectivity index (χ1n) is 7.62. The zero-order valence-electron chi connectivity index (χ0n) is 13.4. The van der Waals surface area contributed by atoms with Gasteiger partial charge in [0.2, 0.25) is 5.91 Å². The molecule has 1 N–H and O–H groups in total. The molecule has 1 aliphatic heterocycles. The summed E-state index contributed by atoms with van der Waals surface area (Å²) >= 11 is 6.29. The summed E-state index contributed by atoms with van der Waals surface area (Å²) in [4.78, 5) is 16.5. The number of amides is 1. The number of piperazine rings is 1. The largest absolute Gasteiger partial charge is 0.492 e. The molecule has 0 radical (unpaired) electrons. The minimum atomic E-state index is -0.301. The summed E-state index contributed by atoms with van der Waals surface area (Å²) in [5.74, 6) is 0.728. The van der Waals surface area contributed by atoms with Crippen LogP contribution in [0.3, 0.4) is 0 Å². The lowest BCUT2D eigenvalue weighted by atomic mass is 10.0. The van der Waals surface area contributed by atoms with Gasteiger partial charge in [-0.3, -0.25) is 9.69 Å². The molecule has 2 rings (SSSR count). The third-order valence-electron chi connectivity index (χ3n) is 3.76. The van der Waals surface area contributed by atoms with E-state index in [-0.39, 0.29) is 11.9 Å². The van der Waals surface area contributed by atoms with E-state index in [9.17, 15) is 4.79 Å². The van der Waals surface area contributed by atoms with Crippen molar-refractivity contribution in [3.63, 3.8) is 0 Å². The van der Waals surface area contributed by atoms with Crippen molar-refractivity contribution in [2.45, 2.75) is 13.0 Å². The Labute approximate surface area is 137 Å². The average molecular weight is 326 g/mol. The van der Waals surface area contributed by atoms with Crippen molar-refractivity contribution < 1.29 is 9.53 Å². The Morgan fingerprint density at radius 1 is 1.41 bits per heavy atom. The number of ether oxygens (including phenoxy) is 1. The third-order valence-corrected chi connectivity index (χ3v) is 4.06. The zero-order valence-corrected chi connectivity index (χ0v) is 14.2. The molecule has 1 aromatic carbocycles. The van der Waals surface area contributed by atoms with Gasteiger partial charge in [-0.2, -0.15) is 0 Å². The van der Waals surface area contributed by atoms with Crippen molar-refractivity contribution >= 4 is 17.5 Å². The summed E-state index contributed by atoms with van der Waals surface area (Å²) in [5, 5.41) is 3.86. The number of hydrogen-bond acceptors (Lipinski definition) is 4. The highest BCUT2D eigenvalue weighted by Gasteiger charge is 2.30. The van der Waals surface area contributed by atoms with Gasteiger partial charge in [-0.1, -0.05) is 17.7 Å². The number of hydrogen-bond donors (Lipinski definition) is 1. The van der Waals surface area contributed by atoms with Crippen molar-refractivity contribution in [3.05, 3.63) is 28.8 Å². The van der Waals surface area contributed by atoms with Crippen LogP contribution in [0, 0.1) is 0 Å². The molecule has 0 aliphatic carbocycles. The quantitative estimate of drug-likeness (QED) is 0.896. The minimum absolute atomic E-state index is 0.0714. The van der Waals surface area contributed by atoms with Crippen molar-refractivity contribution in [1.82, 2.24) is 15.1 Å². The van der Waals surface area contributed by atoms with E-state index in [4.69, 9.17) is 16.3 Å². The maximum absolute atomic E-state index is 12.7. The molecule has 0 spiro atoms. The SMILES string of the molecule is CCOc1ccc(C(C(=O)N(C)C)N2CCNCC2)cc1Cl. The van der Waals surface area contributed by atoms with Gasteiger partial charge in [-0.25, -0.2) is 0 Å². The van der Waals surface area contributed by atoms with E-state index in [2.05, 4.69) is 10.2 Å². The number of carbonyl (C=O) groups excluding carboxylic acids is 1. The first kappa shape index (κ1) is 17.1. The summed E-state index contributed by atoms with van der Waals surface area (Å²) in [5.41, 5.74) is 0.911. The average Bonchev–Trinajstić information content (AvgIpc) is 2.51. The lowest BCUT2D eigenvalue weighted by molar-refractivity contribution is -0.135. The van der Waals surface area contributed by atoms with Crippen LogP contribution in [-0.2, 0) is 4.79 Å². The lowest BCUT2D eigenvalue weighted by Gasteiger charge is -2.35. The number of benzene rings is 1. The van der Waals surface area contributed by atoms with Crippen LogP contribution in [0.4, 0.5) is 0 Å². The summed E-state index contributed by atoms with van der Waals surface area (Å²) in [6.45, 7) is 5.95. The molecule has 22 heavy (non-hydrogen) atoms. The van der Waals surface area contributed by atoms with Crippen LogP contribution in [0.1, 0.15) is 18.5 Å². The van der Waals surface area contributed by atoms with Gasteiger partial charge in [0.25, 0.3) is 0 Å². The van der Waals surface area contributed by atoms with Crippen LogP contribution in [0.5, 0.6) is 5.75 Å². The topological polar surface area (TPSA) is 44.8 Å². The summed E-state index contributed by atoms with van der Waals surface area (Å²) < 4.78 is 5.47. The third kappa shape index (κ3) is 3.91. The summed E-state index contributed by atoms with van der Waals surface area (Å²) in [7, 11) is 3.57. The molecule has 1 fully saturated rings. The van der Waals surface area contributed by atoms with Gasteiger partial charge in [-0.15, -0.1) is 0 Å². The first-order chi connectivity index (χ1) is 10.5. The standard InChI is InChI=1S/C16H24ClN3O2/c1-4-22-14-6-5-12(11-13(14)17)15(16(21)19(2)3)20-9-7-18-8-10-20/h5-6,11,15,18H,4,7-10H2,1-3H3. The van der Waals surface area contributed by atoms with Crippen molar-refractivity contribution in [3.8, 4) is 5.75 Å². The Morgan fingerprint density at radius 3 is 2.64 bits per heavy atom. The molecule has 0 aromatic heterocycles. The monoisotopic (exact) mass is 325 g/mol. The fourth-order valence-corrected chi connectivity index (χ4v) is 2.90. The van der Waals surface area contributed by atoms with Crippen LogP contribution < -0.4 is 10.1 Å². The maximum Gasteiger partial charge on any atom is 0.244 e. The molecule has 122 valence electrons. The van der Waals surface area contributed by atoms with Crippen LogP contribution >= 0.6 is 11.6 Å². The molecular weight excluding hydrogens is 302 g/mol. The van der Waals surface area contributed by atoms with Crippen molar-refractivity contribution in [2.75, 3.05) is 46.9 Å². The zero-order chi connectivity index (χ0) is 16.1. The lowest BCUT2D eigenvalue weighted by Crippen LogP contribution is -2.49. The van der Waals surface area contributed by atoms with Crippen molar-refractivity contribution in [2.24, 2.45) is 0 Å². The molecule has 1 unspecified atom stereocenters. The number of nitrogens with one attached hydrogen (secondary N) is 1. The molecule has 1 heterocycles. The Hall–Kier alpha value is -1.30. The molecule has 1 aromatic rings. The second kappa shape index (κ2) is 7.81. The Morgan fingerprint density at radius 2 is 2.09 bits per heavy atom. The molecule has 6 heteroatoms. The molecule has 1 amide bonds. The van der Waals surface area contributed by atoms with Gasteiger partial charge in [-0.05, 0) is 24.6 Å². The highest BCUT2D eigenvalue weighted by molar-refractivity contribution is 6.32. The molecule has 5 nitrogen and oxygen atoms in total. The smallest absolute Gasteiger partial charge is 0.244 e. The van der Waals surface area contributed by atoms with E-state index < -0.39 is 0 Å². The fraction of sp³-hybridized carbons (Fsp3) is 0.562. The van der Waals surface area contributed by atoms with Crippen LogP contribution in [-0.4, -0.2) is 62.6 Å².